The number of pyridine rings is 2. The normalized spacial score (nSPS) is 14.2. The zero-order valence-corrected chi connectivity index (χ0v) is 17.0. The number of carbonyl (C=O) groups is 2. The lowest BCUT2D eigenvalue weighted by Gasteiger charge is -2.35. The zero-order chi connectivity index (χ0) is 20.6. The van der Waals surface area contributed by atoms with Crippen molar-refractivity contribution in [1.29, 1.82) is 0 Å². The molecule has 0 bridgehead atoms. The molecule has 0 aromatic carbocycles. The minimum atomic E-state index is -0.252. The lowest BCUT2D eigenvalue weighted by molar-refractivity contribution is 0.0746. The molecule has 1 aliphatic rings. The molecule has 3 heterocycles. The molecule has 0 spiro atoms. The summed E-state index contributed by atoms with van der Waals surface area (Å²) in [6.45, 7) is 4.16. The Bertz CT molecular complexity index is 819. The Kier molecular flexibility index (Phi) is 7.13. The van der Waals surface area contributed by atoms with Gasteiger partial charge in [0.1, 0.15) is 11.5 Å². The van der Waals surface area contributed by atoms with E-state index in [0.717, 1.165) is 31.9 Å². The van der Waals surface area contributed by atoms with Crippen LogP contribution in [-0.2, 0) is 0 Å². The Morgan fingerprint density at radius 3 is 2.55 bits per heavy atom. The van der Waals surface area contributed by atoms with E-state index in [2.05, 4.69) is 25.1 Å². The Hall–Kier alpha value is -3.00. The van der Waals surface area contributed by atoms with Gasteiger partial charge in [-0.25, -0.2) is 4.98 Å². The van der Waals surface area contributed by atoms with Gasteiger partial charge in [0.25, 0.3) is 11.8 Å². The van der Waals surface area contributed by atoms with Crippen LogP contribution in [0, 0.1) is 0 Å². The second kappa shape index (κ2) is 9.97. The maximum absolute atomic E-state index is 12.9. The molecule has 0 radical (unpaired) electrons. The molecule has 0 atom stereocenters. The summed E-state index contributed by atoms with van der Waals surface area (Å²) in [5, 5.41) is 2.86. The molecule has 2 aromatic rings. The van der Waals surface area contributed by atoms with E-state index in [9.17, 15) is 9.59 Å². The van der Waals surface area contributed by atoms with Crippen molar-refractivity contribution in [1.82, 2.24) is 25.1 Å². The van der Waals surface area contributed by atoms with Crippen LogP contribution >= 0.6 is 0 Å². The number of piperazine rings is 1. The Balaban J connectivity index is 1.55. The van der Waals surface area contributed by atoms with Gasteiger partial charge < -0.3 is 20.0 Å². The topological polar surface area (TPSA) is 81.7 Å². The maximum atomic E-state index is 12.9. The number of amides is 2. The molecule has 3 rings (SSSR count). The van der Waals surface area contributed by atoms with Crippen LogP contribution in [0.5, 0.6) is 0 Å². The predicted octanol–water partition coefficient (Wildman–Crippen LogP) is 1.12. The van der Waals surface area contributed by atoms with Gasteiger partial charge in [-0.1, -0.05) is 6.07 Å². The van der Waals surface area contributed by atoms with Gasteiger partial charge in [0.05, 0.1) is 0 Å². The second-order valence-corrected chi connectivity index (χ2v) is 7.31. The largest absolute Gasteiger partial charge is 0.353 e. The minimum Gasteiger partial charge on any atom is -0.353 e. The molecule has 1 fully saturated rings. The molecule has 1 N–H and O–H groups in total. The summed E-state index contributed by atoms with van der Waals surface area (Å²) in [5.41, 5.74) is 0.762. The van der Waals surface area contributed by atoms with Gasteiger partial charge in [-0.3, -0.25) is 14.6 Å². The van der Waals surface area contributed by atoms with Gasteiger partial charge in [-0.15, -0.1) is 0 Å². The summed E-state index contributed by atoms with van der Waals surface area (Å²) in [6.07, 6.45) is 4.15. The highest BCUT2D eigenvalue weighted by Gasteiger charge is 2.23. The molecule has 0 aliphatic carbocycles. The third-order valence-electron chi connectivity index (χ3n) is 4.85. The van der Waals surface area contributed by atoms with E-state index >= 15 is 0 Å². The van der Waals surface area contributed by atoms with Crippen LogP contribution in [-0.4, -0.2) is 84.9 Å². The maximum Gasteiger partial charge on any atom is 0.269 e. The monoisotopic (exact) mass is 396 g/mol. The molecule has 8 heteroatoms. The van der Waals surface area contributed by atoms with E-state index in [0.29, 0.717) is 25.2 Å². The van der Waals surface area contributed by atoms with Crippen molar-refractivity contribution in [3.05, 3.63) is 54.0 Å². The fourth-order valence-corrected chi connectivity index (χ4v) is 3.24. The third-order valence-corrected chi connectivity index (χ3v) is 4.85. The summed E-state index contributed by atoms with van der Waals surface area (Å²) in [4.78, 5) is 39.7. The highest BCUT2D eigenvalue weighted by Crippen LogP contribution is 2.14. The fraction of sp³-hybridized carbons (Fsp3) is 0.429. The summed E-state index contributed by atoms with van der Waals surface area (Å²) in [5.74, 6) is 0.602. The van der Waals surface area contributed by atoms with Crippen LogP contribution < -0.4 is 10.2 Å². The predicted molar refractivity (Wildman–Crippen MR) is 112 cm³/mol. The number of nitrogens with zero attached hydrogens (tertiary/aromatic N) is 5. The van der Waals surface area contributed by atoms with Crippen molar-refractivity contribution in [2.75, 3.05) is 58.3 Å². The molecule has 2 aromatic heterocycles. The minimum absolute atomic E-state index is 0.0743. The second-order valence-electron chi connectivity index (χ2n) is 7.31. The number of carbonyl (C=O) groups excluding carboxylic acids is 2. The van der Waals surface area contributed by atoms with Gasteiger partial charge in [0.15, 0.2) is 0 Å². The molecule has 1 saturated heterocycles. The van der Waals surface area contributed by atoms with E-state index in [4.69, 9.17) is 0 Å². The van der Waals surface area contributed by atoms with E-state index in [1.54, 1.807) is 18.3 Å². The van der Waals surface area contributed by atoms with Crippen molar-refractivity contribution in [3.8, 4) is 0 Å². The van der Waals surface area contributed by atoms with E-state index < -0.39 is 0 Å². The first kappa shape index (κ1) is 20.7. The van der Waals surface area contributed by atoms with Crippen LogP contribution in [0.3, 0.4) is 0 Å². The molecule has 8 nitrogen and oxygen atoms in total. The fourth-order valence-electron chi connectivity index (χ4n) is 3.24. The Morgan fingerprint density at radius 1 is 1.07 bits per heavy atom. The number of nitrogens with one attached hydrogen (secondary N) is 1. The van der Waals surface area contributed by atoms with Gasteiger partial charge in [0.2, 0.25) is 0 Å². The molecular weight excluding hydrogens is 368 g/mol. The quantitative estimate of drug-likeness (QED) is 0.707. The van der Waals surface area contributed by atoms with Gasteiger partial charge in [0, 0.05) is 50.7 Å². The van der Waals surface area contributed by atoms with E-state index in [1.165, 1.54) is 6.20 Å². The van der Waals surface area contributed by atoms with Gasteiger partial charge in [-0.2, -0.15) is 0 Å². The summed E-state index contributed by atoms with van der Waals surface area (Å²) >= 11 is 0. The van der Waals surface area contributed by atoms with Crippen LogP contribution in [0.4, 0.5) is 5.82 Å². The van der Waals surface area contributed by atoms with Crippen LogP contribution in [0.25, 0.3) is 0 Å². The number of hydrogen-bond donors (Lipinski definition) is 1. The lowest BCUT2D eigenvalue weighted by Crippen LogP contribution is -2.49. The highest BCUT2D eigenvalue weighted by atomic mass is 16.2. The smallest absolute Gasteiger partial charge is 0.269 e. The van der Waals surface area contributed by atoms with Crippen molar-refractivity contribution in [2.24, 2.45) is 0 Å². The third kappa shape index (κ3) is 5.74. The van der Waals surface area contributed by atoms with Crippen molar-refractivity contribution in [3.63, 3.8) is 0 Å². The van der Waals surface area contributed by atoms with E-state index in [1.807, 2.05) is 37.2 Å². The molecule has 154 valence electrons. The van der Waals surface area contributed by atoms with Crippen LogP contribution in [0.1, 0.15) is 27.3 Å². The number of aromatic nitrogens is 2. The van der Waals surface area contributed by atoms with Crippen molar-refractivity contribution >= 4 is 17.6 Å². The van der Waals surface area contributed by atoms with Crippen LogP contribution in [0.2, 0.25) is 0 Å². The Morgan fingerprint density at radius 2 is 1.86 bits per heavy atom. The first-order valence-corrected chi connectivity index (χ1v) is 9.89. The average Bonchev–Trinajstić information content (AvgIpc) is 2.77. The zero-order valence-electron chi connectivity index (χ0n) is 17.0. The highest BCUT2D eigenvalue weighted by molar-refractivity contribution is 5.98. The molecule has 0 saturated carbocycles. The number of rotatable bonds is 7. The molecule has 1 aliphatic heterocycles. The Labute approximate surface area is 171 Å². The standard InChI is InChI=1S/C21H28N6O2/c1-25(2)11-5-9-24-20(28)18-16-17(7-10-22-18)21(29)27-14-12-26(13-15-27)19-6-3-4-8-23-19/h3-4,6-8,10,16H,5,9,11-15H2,1-2H3,(H,24,28). The SMILES string of the molecule is CN(C)CCCNC(=O)c1cc(C(=O)N2CCN(c3ccccn3)CC2)ccn1. The van der Waals surface area contributed by atoms with Crippen molar-refractivity contribution in [2.45, 2.75) is 6.42 Å². The summed E-state index contributed by atoms with van der Waals surface area (Å²) in [6, 6.07) is 9.07. The summed E-state index contributed by atoms with van der Waals surface area (Å²) in [7, 11) is 3.99. The average molecular weight is 396 g/mol. The molecule has 2 amide bonds. The van der Waals surface area contributed by atoms with Crippen LogP contribution in [0.15, 0.2) is 42.7 Å². The number of anilines is 1. The first-order chi connectivity index (χ1) is 14.0. The number of hydrogen-bond acceptors (Lipinski definition) is 6. The first-order valence-electron chi connectivity index (χ1n) is 9.89. The molecular formula is C21H28N6O2. The molecule has 29 heavy (non-hydrogen) atoms. The summed E-state index contributed by atoms with van der Waals surface area (Å²) < 4.78 is 0. The lowest BCUT2D eigenvalue weighted by atomic mass is 10.1. The van der Waals surface area contributed by atoms with E-state index in [-0.39, 0.29) is 17.5 Å². The van der Waals surface area contributed by atoms with Gasteiger partial charge >= 0.3 is 0 Å². The van der Waals surface area contributed by atoms with Crippen molar-refractivity contribution < 1.29 is 9.59 Å². The molecule has 0 unspecified atom stereocenters. The van der Waals surface area contributed by atoms with Gasteiger partial charge in [-0.05, 0) is 51.3 Å².